The highest BCUT2D eigenvalue weighted by Crippen LogP contribution is 2.39. The highest BCUT2D eigenvalue weighted by Gasteiger charge is 2.22. The zero-order valence-corrected chi connectivity index (χ0v) is 23.4. The first-order valence-corrected chi connectivity index (χ1v) is 15.7. The van der Waals surface area contributed by atoms with Crippen LogP contribution in [0.3, 0.4) is 0 Å². The summed E-state index contributed by atoms with van der Waals surface area (Å²) < 4.78 is 0. The summed E-state index contributed by atoms with van der Waals surface area (Å²) in [4.78, 5) is 0. The van der Waals surface area contributed by atoms with Crippen molar-refractivity contribution in [1.29, 1.82) is 0 Å². The topological polar surface area (TPSA) is 0 Å². The number of aryl methyl sites for hydroxylation is 2. The molecule has 0 aromatic heterocycles. The summed E-state index contributed by atoms with van der Waals surface area (Å²) in [5.74, 6) is 0. The Morgan fingerprint density at radius 1 is 0.485 bits per heavy atom. The average Bonchev–Trinajstić information content (AvgIpc) is 2.84. The lowest BCUT2D eigenvalue weighted by molar-refractivity contribution is 0.760. The third kappa shape index (κ3) is 8.55. The number of rotatable bonds is 17. The SMILES string of the molecule is CCCCc1cccc(P(CCCC)c2cccc(CCCC)c2CCCC)c1CCCC. The zero-order valence-electron chi connectivity index (χ0n) is 22.5. The van der Waals surface area contributed by atoms with Gasteiger partial charge in [0.05, 0.1) is 0 Å². The fourth-order valence-electron chi connectivity index (χ4n) is 4.92. The summed E-state index contributed by atoms with van der Waals surface area (Å²) in [6, 6.07) is 14.7. The summed E-state index contributed by atoms with van der Waals surface area (Å²) in [6.07, 6.45) is 19.4. The molecule has 2 aromatic carbocycles. The summed E-state index contributed by atoms with van der Waals surface area (Å²) in [7, 11) is -0.294. The van der Waals surface area contributed by atoms with Crippen molar-refractivity contribution in [2.24, 2.45) is 0 Å². The summed E-state index contributed by atoms with van der Waals surface area (Å²) in [5.41, 5.74) is 6.72. The molecule has 0 heterocycles. The van der Waals surface area contributed by atoms with Crippen LogP contribution in [0.25, 0.3) is 0 Å². The molecule has 2 rings (SSSR count). The minimum Gasteiger partial charge on any atom is -0.0654 e. The molecule has 0 spiro atoms. The van der Waals surface area contributed by atoms with Gasteiger partial charge in [-0.2, -0.15) is 0 Å². The highest BCUT2D eigenvalue weighted by atomic mass is 31.1. The number of hydrogen-bond donors (Lipinski definition) is 0. The molecule has 0 saturated heterocycles. The van der Waals surface area contributed by atoms with Crippen molar-refractivity contribution in [3.63, 3.8) is 0 Å². The van der Waals surface area contributed by atoms with E-state index in [0.717, 1.165) is 0 Å². The normalized spacial score (nSPS) is 11.5. The van der Waals surface area contributed by atoms with Crippen LogP contribution in [0.2, 0.25) is 0 Å². The van der Waals surface area contributed by atoms with Crippen molar-refractivity contribution in [3.8, 4) is 0 Å². The van der Waals surface area contributed by atoms with Gasteiger partial charge in [-0.05, 0) is 105 Å². The quantitative estimate of drug-likeness (QED) is 0.204. The third-order valence-corrected chi connectivity index (χ3v) is 9.74. The molecule has 2 aromatic rings. The van der Waals surface area contributed by atoms with Gasteiger partial charge in [-0.15, -0.1) is 0 Å². The third-order valence-electron chi connectivity index (χ3n) is 6.97. The van der Waals surface area contributed by atoms with Gasteiger partial charge in [0.2, 0.25) is 0 Å². The van der Waals surface area contributed by atoms with E-state index in [4.69, 9.17) is 0 Å². The Hall–Kier alpha value is -1.13. The van der Waals surface area contributed by atoms with E-state index in [2.05, 4.69) is 71.0 Å². The van der Waals surface area contributed by atoms with Gasteiger partial charge in [0.1, 0.15) is 0 Å². The van der Waals surface area contributed by atoms with Crippen molar-refractivity contribution < 1.29 is 0 Å². The van der Waals surface area contributed by atoms with Gasteiger partial charge in [0.25, 0.3) is 0 Å². The molecule has 0 amide bonds. The van der Waals surface area contributed by atoms with Crippen molar-refractivity contribution in [2.45, 2.75) is 125 Å². The Kier molecular flexibility index (Phi) is 14.0. The van der Waals surface area contributed by atoms with Crippen LogP contribution in [0, 0.1) is 0 Å². The summed E-state index contributed by atoms with van der Waals surface area (Å²) in [5, 5.41) is 3.43. The van der Waals surface area contributed by atoms with Crippen LogP contribution in [0.5, 0.6) is 0 Å². The van der Waals surface area contributed by atoms with E-state index < -0.39 is 0 Å². The van der Waals surface area contributed by atoms with Gasteiger partial charge < -0.3 is 0 Å². The van der Waals surface area contributed by atoms with E-state index in [1.165, 1.54) is 96.1 Å². The van der Waals surface area contributed by atoms with Gasteiger partial charge in [-0.3, -0.25) is 0 Å². The van der Waals surface area contributed by atoms with E-state index in [9.17, 15) is 0 Å². The average molecular weight is 467 g/mol. The smallest absolute Gasteiger partial charge is 0.0160 e. The second-order valence-electron chi connectivity index (χ2n) is 9.75. The minimum absolute atomic E-state index is 0.294. The van der Waals surface area contributed by atoms with E-state index in [1.54, 1.807) is 32.9 Å². The Morgan fingerprint density at radius 3 is 1.27 bits per heavy atom. The van der Waals surface area contributed by atoms with Crippen LogP contribution >= 0.6 is 7.92 Å². The molecule has 0 aliphatic rings. The van der Waals surface area contributed by atoms with Gasteiger partial charge in [0.15, 0.2) is 0 Å². The molecule has 0 aliphatic carbocycles. The van der Waals surface area contributed by atoms with Crippen LogP contribution in [-0.4, -0.2) is 6.16 Å². The number of hydrogen-bond acceptors (Lipinski definition) is 0. The molecule has 184 valence electrons. The van der Waals surface area contributed by atoms with Crippen LogP contribution in [-0.2, 0) is 25.7 Å². The van der Waals surface area contributed by atoms with Gasteiger partial charge >= 0.3 is 0 Å². The number of benzene rings is 2. The Morgan fingerprint density at radius 2 is 0.879 bits per heavy atom. The van der Waals surface area contributed by atoms with Crippen LogP contribution in [0.15, 0.2) is 36.4 Å². The van der Waals surface area contributed by atoms with Gasteiger partial charge in [-0.1, -0.05) is 103 Å². The molecule has 0 bridgehead atoms. The molecule has 1 heteroatoms. The first-order valence-electron chi connectivity index (χ1n) is 14.2. The summed E-state index contributed by atoms with van der Waals surface area (Å²) in [6.45, 7) is 11.7. The van der Waals surface area contributed by atoms with Crippen LogP contribution < -0.4 is 10.6 Å². The predicted molar refractivity (Wildman–Crippen MR) is 153 cm³/mol. The molecule has 0 radical (unpaired) electrons. The molecule has 0 atom stereocenters. The van der Waals surface area contributed by atoms with Crippen molar-refractivity contribution in [3.05, 3.63) is 58.7 Å². The Labute approximate surface area is 207 Å². The van der Waals surface area contributed by atoms with Crippen LogP contribution in [0.4, 0.5) is 0 Å². The Bertz CT molecular complexity index is 728. The minimum atomic E-state index is -0.294. The van der Waals surface area contributed by atoms with E-state index in [-0.39, 0.29) is 7.92 Å². The fourth-order valence-corrected chi connectivity index (χ4v) is 7.99. The summed E-state index contributed by atoms with van der Waals surface area (Å²) >= 11 is 0. The lowest BCUT2D eigenvalue weighted by Crippen LogP contribution is -2.23. The van der Waals surface area contributed by atoms with Gasteiger partial charge in [0, 0.05) is 0 Å². The molecule has 0 nitrogen and oxygen atoms in total. The maximum Gasteiger partial charge on any atom is -0.0160 e. The maximum absolute atomic E-state index is 2.52. The maximum atomic E-state index is 2.52. The second kappa shape index (κ2) is 16.5. The van der Waals surface area contributed by atoms with Crippen LogP contribution in [0.1, 0.15) is 121 Å². The number of unbranched alkanes of at least 4 members (excludes halogenated alkanes) is 5. The van der Waals surface area contributed by atoms with Crippen molar-refractivity contribution in [1.82, 2.24) is 0 Å². The molecule has 0 unspecified atom stereocenters. The molecule has 0 saturated carbocycles. The molecule has 0 fully saturated rings. The van der Waals surface area contributed by atoms with Gasteiger partial charge in [-0.25, -0.2) is 0 Å². The molecule has 33 heavy (non-hydrogen) atoms. The largest absolute Gasteiger partial charge is 0.0654 e. The molecular weight excluding hydrogens is 415 g/mol. The first-order chi connectivity index (χ1) is 16.2. The second-order valence-corrected chi connectivity index (χ2v) is 12.0. The van der Waals surface area contributed by atoms with E-state index in [0.29, 0.717) is 0 Å². The first kappa shape index (κ1) is 28.1. The van der Waals surface area contributed by atoms with E-state index in [1.807, 2.05) is 0 Å². The highest BCUT2D eigenvalue weighted by molar-refractivity contribution is 7.73. The van der Waals surface area contributed by atoms with Crippen molar-refractivity contribution in [2.75, 3.05) is 6.16 Å². The fraction of sp³-hybridized carbons (Fsp3) is 0.625. The Balaban J connectivity index is 2.62. The predicted octanol–water partition coefficient (Wildman–Crippen LogP) is 9.29. The van der Waals surface area contributed by atoms with E-state index >= 15 is 0 Å². The molecule has 0 N–H and O–H groups in total. The lowest BCUT2D eigenvalue weighted by atomic mass is 9.97. The standard InChI is InChI=1S/C32H51P/c1-6-11-18-27-20-16-24-31(29(27)22-13-8-3)33(26-15-10-5)32-25-17-21-28(19-12-7-2)30(32)23-14-9-4/h16-17,20-21,24-25H,6-15,18-19,22-23,26H2,1-5H3. The molecule has 0 aliphatic heterocycles. The monoisotopic (exact) mass is 466 g/mol. The zero-order chi connectivity index (χ0) is 23.9. The lowest BCUT2D eigenvalue weighted by Gasteiger charge is -2.27. The molecular formula is C32H51P. The van der Waals surface area contributed by atoms with Crippen molar-refractivity contribution >= 4 is 18.5 Å².